The highest BCUT2D eigenvalue weighted by atomic mass is 19.1. The van der Waals surface area contributed by atoms with Crippen LogP contribution in [0.4, 0.5) is 4.39 Å². The second-order valence-corrected chi connectivity index (χ2v) is 2.36. The Bertz CT molecular complexity index is 325. The number of rotatable bonds is 3. The summed E-state index contributed by atoms with van der Waals surface area (Å²) >= 11 is 0. The lowest BCUT2D eigenvalue weighted by molar-refractivity contribution is -0.107. The van der Waals surface area contributed by atoms with E-state index in [9.17, 15) is 14.0 Å². The third-order valence-electron chi connectivity index (χ3n) is 1.46. The molecule has 0 bridgehead atoms. The molecule has 0 spiro atoms. The van der Waals surface area contributed by atoms with E-state index in [2.05, 4.69) is 5.32 Å². The summed E-state index contributed by atoms with van der Waals surface area (Å²) in [5.41, 5.74) is -0.0515. The number of nitrogens with one attached hydrogen (secondary N) is 1. The minimum atomic E-state index is -0.592. The van der Waals surface area contributed by atoms with E-state index in [-0.39, 0.29) is 12.1 Å². The van der Waals surface area contributed by atoms with Crippen LogP contribution in [0.1, 0.15) is 10.4 Å². The average Bonchev–Trinajstić information content (AvgIpc) is 2.15. The van der Waals surface area contributed by atoms with Crippen LogP contribution in [-0.4, -0.2) is 18.7 Å². The van der Waals surface area contributed by atoms with Crippen molar-refractivity contribution < 1.29 is 14.0 Å². The van der Waals surface area contributed by atoms with Gasteiger partial charge in [0, 0.05) is 0 Å². The molecule has 13 heavy (non-hydrogen) atoms. The van der Waals surface area contributed by atoms with Crippen LogP contribution in [0, 0.1) is 5.82 Å². The maximum Gasteiger partial charge on any atom is 0.254 e. The van der Waals surface area contributed by atoms with Crippen LogP contribution in [0.15, 0.2) is 24.3 Å². The molecule has 0 aliphatic heterocycles. The van der Waals surface area contributed by atoms with E-state index >= 15 is 0 Å². The van der Waals surface area contributed by atoms with E-state index in [1.54, 1.807) is 6.07 Å². The molecular weight excluding hydrogens is 173 g/mol. The molecule has 0 aliphatic carbocycles. The van der Waals surface area contributed by atoms with Gasteiger partial charge in [-0.25, -0.2) is 4.39 Å². The summed E-state index contributed by atoms with van der Waals surface area (Å²) in [6, 6.07) is 5.59. The third kappa shape index (κ3) is 2.37. The smallest absolute Gasteiger partial charge is 0.254 e. The van der Waals surface area contributed by atoms with Crippen LogP contribution in [-0.2, 0) is 4.79 Å². The van der Waals surface area contributed by atoms with Crippen molar-refractivity contribution in [2.45, 2.75) is 0 Å². The average molecular weight is 181 g/mol. The molecule has 68 valence electrons. The van der Waals surface area contributed by atoms with Gasteiger partial charge in [-0.3, -0.25) is 4.79 Å². The third-order valence-corrected chi connectivity index (χ3v) is 1.46. The Morgan fingerprint density at radius 1 is 1.46 bits per heavy atom. The van der Waals surface area contributed by atoms with Gasteiger partial charge in [0.2, 0.25) is 0 Å². The van der Waals surface area contributed by atoms with Gasteiger partial charge in [0.05, 0.1) is 12.1 Å². The zero-order valence-electron chi connectivity index (χ0n) is 6.79. The van der Waals surface area contributed by atoms with Crippen molar-refractivity contribution in [2.24, 2.45) is 0 Å². The highest BCUT2D eigenvalue weighted by Crippen LogP contribution is 2.05. The highest BCUT2D eigenvalue weighted by molar-refractivity contribution is 5.95. The molecule has 0 saturated carbocycles. The molecule has 1 N–H and O–H groups in total. The van der Waals surface area contributed by atoms with E-state index in [4.69, 9.17) is 0 Å². The number of carbonyl (C=O) groups is 2. The topological polar surface area (TPSA) is 46.2 Å². The molecule has 0 aromatic heterocycles. The predicted molar refractivity (Wildman–Crippen MR) is 44.8 cm³/mol. The van der Waals surface area contributed by atoms with Gasteiger partial charge in [0.1, 0.15) is 12.1 Å². The SMILES string of the molecule is O=CCNC(=O)c1ccccc1F. The van der Waals surface area contributed by atoms with Crippen LogP contribution < -0.4 is 5.32 Å². The Morgan fingerprint density at radius 3 is 2.77 bits per heavy atom. The van der Waals surface area contributed by atoms with Crippen LogP contribution in [0.5, 0.6) is 0 Å². The first-order chi connectivity index (χ1) is 6.25. The van der Waals surface area contributed by atoms with Crippen molar-refractivity contribution in [3.05, 3.63) is 35.6 Å². The second-order valence-electron chi connectivity index (χ2n) is 2.36. The summed E-state index contributed by atoms with van der Waals surface area (Å²) in [6.07, 6.45) is 0.540. The van der Waals surface area contributed by atoms with E-state index < -0.39 is 11.7 Å². The van der Waals surface area contributed by atoms with Crippen molar-refractivity contribution in [1.82, 2.24) is 5.32 Å². The molecule has 4 heteroatoms. The molecule has 1 amide bonds. The summed E-state index contributed by atoms with van der Waals surface area (Å²) < 4.78 is 12.9. The second kappa shape index (κ2) is 4.35. The minimum absolute atomic E-state index is 0.0515. The lowest BCUT2D eigenvalue weighted by Crippen LogP contribution is -2.25. The molecule has 0 saturated heterocycles. The molecule has 0 unspecified atom stereocenters. The quantitative estimate of drug-likeness (QED) is 0.699. The first-order valence-corrected chi connectivity index (χ1v) is 3.72. The van der Waals surface area contributed by atoms with Crippen molar-refractivity contribution in [2.75, 3.05) is 6.54 Å². The Kier molecular flexibility index (Phi) is 3.14. The van der Waals surface area contributed by atoms with E-state index in [0.717, 1.165) is 0 Å². The van der Waals surface area contributed by atoms with Gasteiger partial charge in [0.25, 0.3) is 5.91 Å². The van der Waals surface area contributed by atoms with Crippen molar-refractivity contribution >= 4 is 12.2 Å². The molecule has 3 nitrogen and oxygen atoms in total. The fraction of sp³-hybridized carbons (Fsp3) is 0.111. The highest BCUT2D eigenvalue weighted by Gasteiger charge is 2.08. The van der Waals surface area contributed by atoms with E-state index in [1.807, 2.05) is 0 Å². The zero-order valence-corrected chi connectivity index (χ0v) is 6.79. The van der Waals surface area contributed by atoms with Gasteiger partial charge < -0.3 is 10.1 Å². The summed E-state index contributed by atoms with van der Waals surface area (Å²) in [6.45, 7) is -0.104. The van der Waals surface area contributed by atoms with Crippen LogP contribution in [0.3, 0.4) is 0 Å². The molecule has 1 rings (SSSR count). The van der Waals surface area contributed by atoms with Gasteiger partial charge >= 0.3 is 0 Å². The van der Waals surface area contributed by atoms with Crippen molar-refractivity contribution in [3.63, 3.8) is 0 Å². The standard InChI is InChI=1S/C9H8FNO2/c10-8-4-2-1-3-7(8)9(13)11-5-6-12/h1-4,6H,5H2,(H,11,13). The maximum absolute atomic E-state index is 12.9. The van der Waals surface area contributed by atoms with Gasteiger partial charge in [0.15, 0.2) is 0 Å². The Balaban J connectivity index is 2.76. The molecule has 0 fully saturated rings. The number of hydrogen-bond donors (Lipinski definition) is 1. The predicted octanol–water partition coefficient (Wildman–Crippen LogP) is 0.754. The number of amides is 1. The molecule has 1 aromatic rings. The van der Waals surface area contributed by atoms with Crippen molar-refractivity contribution in [3.8, 4) is 0 Å². The molecule has 1 aromatic carbocycles. The fourth-order valence-corrected chi connectivity index (χ4v) is 0.875. The van der Waals surface area contributed by atoms with Gasteiger partial charge in [-0.15, -0.1) is 0 Å². The summed E-state index contributed by atoms with van der Waals surface area (Å²) in [7, 11) is 0. The normalized spacial score (nSPS) is 9.31. The monoisotopic (exact) mass is 181 g/mol. The van der Waals surface area contributed by atoms with Crippen molar-refractivity contribution in [1.29, 1.82) is 0 Å². The van der Waals surface area contributed by atoms with Crippen LogP contribution in [0.25, 0.3) is 0 Å². The number of aldehydes is 1. The summed E-state index contributed by atoms with van der Waals surface area (Å²) in [4.78, 5) is 21.0. The van der Waals surface area contributed by atoms with E-state index in [0.29, 0.717) is 6.29 Å². The lowest BCUT2D eigenvalue weighted by Gasteiger charge is -2.01. The zero-order chi connectivity index (χ0) is 9.68. The Morgan fingerprint density at radius 2 is 2.15 bits per heavy atom. The van der Waals surface area contributed by atoms with E-state index in [1.165, 1.54) is 18.2 Å². The first kappa shape index (κ1) is 9.38. The van der Waals surface area contributed by atoms with Gasteiger partial charge in [-0.2, -0.15) is 0 Å². The molecular formula is C9H8FNO2. The molecule has 0 aliphatic rings. The molecule has 0 heterocycles. The van der Waals surface area contributed by atoms with Crippen LogP contribution >= 0.6 is 0 Å². The largest absolute Gasteiger partial charge is 0.345 e. The number of carbonyl (C=O) groups excluding carboxylic acids is 2. The summed E-state index contributed by atoms with van der Waals surface area (Å²) in [5.74, 6) is -1.17. The minimum Gasteiger partial charge on any atom is -0.345 e. The molecule has 0 radical (unpaired) electrons. The Hall–Kier alpha value is -1.71. The lowest BCUT2D eigenvalue weighted by atomic mass is 10.2. The number of hydrogen-bond acceptors (Lipinski definition) is 2. The Labute approximate surface area is 74.6 Å². The van der Waals surface area contributed by atoms with Gasteiger partial charge in [-0.1, -0.05) is 12.1 Å². The van der Waals surface area contributed by atoms with Crippen LogP contribution in [0.2, 0.25) is 0 Å². The number of benzene rings is 1. The fourth-order valence-electron chi connectivity index (χ4n) is 0.875. The maximum atomic E-state index is 12.9. The number of halogens is 1. The van der Waals surface area contributed by atoms with Gasteiger partial charge in [-0.05, 0) is 12.1 Å². The first-order valence-electron chi connectivity index (χ1n) is 3.72. The summed E-state index contributed by atoms with van der Waals surface area (Å²) in [5, 5.41) is 2.24. The molecule has 0 atom stereocenters.